The van der Waals surface area contributed by atoms with Crippen LogP contribution >= 0.6 is 0 Å². The van der Waals surface area contributed by atoms with E-state index in [4.69, 9.17) is 5.73 Å². The number of aromatic nitrogens is 2. The normalized spacial score (nSPS) is 18.9. The van der Waals surface area contributed by atoms with Crippen molar-refractivity contribution in [2.24, 2.45) is 11.1 Å². The van der Waals surface area contributed by atoms with Gasteiger partial charge >= 0.3 is 0 Å². The molecule has 0 atom stereocenters. The quantitative estimate of drug-likeness (QED) is 0.743. The Morgan fingerprint density at radius 2 is 2.24 bits per heavy atom. The van der Waals surface area contributed by atoms with E-state index in [1.165, 1.54) is 19.3 Å². The molecule has 0 radical (unpaired) electrons. The van der Waals surface area contributed by atoms with Crippen LogP contribution in [0.5, 0.6) is 0 Å². The smallest absolute Gasteiger partial charge is 0.226 e. The Labute approximate surface area is 101 Å². The Morgan fingerprint density at radius 3 is 2.82 bits per heavy atom. The van der Waals surface area contributed by atoms with Crippen molar-refractivity contribution in [2.45, 2.75) is 38.5 Å². The van der Waals surface area contributed by atoms with E-state index in [-0.39, 0.29) is 11.3 Å². The number of nitrogens with zero attached hydrogens (tertiary/aromatic N) is 1. The van der Waals surface area contributed by atoms with E-state index in [2.05, 4.69) is 15.5 Å². The summed E-state index contributed by atoms with van der Waals surface area (Å²) in [5.74, 6) is 0.680. The van der Waals surface area contributed by atoms with Gasteiger partial charge in [0.1, 0.15) is 5.82 Å². The van der Waals surface area contributed by atoms with Crippen molar-refractivity contribution in [3.63, 3.8) is 0 Å². The van der Waals surface area contributed by atoms with Gasteiger partial charge in [-0.15, -0.1) is 0 Å². The largest absolute Gasteiger partial charge is 0.330 e. The maximum atomic E-state index is 11.9. The second-order valence-electron chi connectivity index (χ2n) is 4.96. The Kier molecular flexibility index (Phi) is 3.78. The van der Waals surface area contributed by atoms with E-state index in [9.17, 15) is 4.79 Å². The first-order valence-electron chi connectivity index (χ1n) is 6.23. The molecule has 0 aliphatic heterocycles. The van der Waals surface area contributed by atoms with Crippen molar-refractivity contribution < 1.29 is 4.79 Å². The zero-order chi connectivity index (χ0) is 12.1. The zero-order valence-corrected chi connectivity index (χ0v) is 10.0. The lowest BCUT2D eigenvalue weighted by molar-refractivity contribution is -0.118. The molecule has 1 aromatic rings. The summed E-state index contributed by atoms with van der Waals surface area (Å²) in [4.78, 5) is 11.9. The minimum absolute atomic E-state index is 0.0162. The number of nitrogens with two attached hydrogens (primary N) is 1. The molecule has 4 N–H and O–H groups in total. The fourth-order valence-electron chi connectivity index (χ4n) is 2.62. The lowest BCUT2D eigenvalue weighted by Gasteiger charge is -2.35. The van der Waals surface area contributed by atoms with Gasteiger partial charge in [0.2, 0.25) is 5.91 Å². The van der Waals surface area contributed by atoms with Gasteiger partial charge in [0.05, 0.1) is 6.20 Å². The van der Waals surface area contributed by atoms with E-state index >= 15 is 0 Å². The molecule has 1 amide bonds. The van der Waals surface area contributed by atoms with E-state index in [0.29, 0.717) is 18.8 Å². The fraction of sp³-hybridized carbons (Fsp3) is 0.667. The average molecular weight is 236 g/mol. The highest BCUT2D eigenvalue weighted by Crippen LogP contribution is 2.38. The predicted molar refractivity (Wildman–Crippen MR) is 66.4 cm³/mol. The topological polar surface area (TPSA) is 83.8 Å². The number of amides is 1. The Balaban J connectivity index is 1.91. The molecule has 0 saturated heterocycles. The van der Waals surface area contributed by atoms with Crippen LogP contribution in [0.25, 0.3) is 0 Å². The van der Waals surface area contributed by atoms with E-state index in [1.807, 2.05) is 0 Å². The van der Waals surface area contributed by atoms with Gasteiger partial charge in [-0.05, 0) is 24.8 Å². The molecule has 1 heterocycles. The van der Waals surface area contributed by atoms with Crippen molar-refractivity contribution >= 4 is 11.7 Å². The van der Waals surface area contributed by atoms with Crippen LogP contribution in [0.3, 0.4) is 0 Å². The highest BCUT2D eigenvalue weighted by atomic mass is 16.1. The monoisotopic (exact) mass is 236 g/mol. The lowest BCUT2D eigenvalue weighted by Crippen LogP contribution is -2.36. The molecule has 1 aliphatic carbocycles. The molecule has 0 spiro atoms. The number of H-pyrrole nitrogens is 1. The zero-order valence-electron chi connectivity index (χ0n) is 10.0. The molecular weight excluding hydrogens is 216 g/mol. The highest BCUT2D eigenvalue weighted by Gasteiger charge is 2.32. The van der Waals surface area contributed by atoms with Crippen molar-refractivity contribution in [1.29, 1.82) is 0 Å². The average Bonchev–Trinajstić information content (AvgIpc) is 2.83. The van der Waals surface area contributed by atoms with Crippen molar-refractivity contribution in [2.75, 3.05) is 11.9 Å². The molecule has 1 saturated carbocycles. The van der Waals surface area contributed by atoms with Crippen LogP contribution in [-0.4, -0.2) is 22.6 Å². The Hall–Kier alpha value is -1.36. The fourth-order valence-corrected chi connectivity index (χ4v) is 2.62. The van der Waals surface area contributed by atoms with Crippen LogP contribution in [0.15, 0.2) is 12.3 Å². The second-order valence-corrected chi connectivity index (χ2v) is 4.96. The number of rotatable bonds is 4. The van der Waals surface area contributed by atoms with Gasteiger partial charge in [0, 0.05) is 12.5 Å². The molecule has 0 aromatic carbocycles. The third-order valence-corrected chi connectivity index (χ3v) is 3.66. The molecule has 17 heavy (non-hydrogen) atoms. The van der Waals surface area contributed by atoms with Gasteiger partial charge in [-0.1, -0.05) is 19.3 Å². The minimum Gasteiger partial charge on any atom is -0.330 e. The first-order chi connectivity index (χ1) is 8.24. The van der Waals surface area contributed by atoms with E-state index in [1.54, 1.807) is 12.3 Å². The number of carbonyl (C=O) groups is 1. The molecule has 5 heteroatoms. The Morgan fingerprint density at radius 1 is 1.47 bits per heavy atom. The number of hydrogen-bond donors (Lipinski definition) is 3. The van der Waals surface area contributed by atoms with Crippen molar-refractivity contribution in [3.8, 4) is 0 Å². The van der Waals surface area contributed by atoms with Crippen LogP contribution in [0.1, 0.15) is 38.5 Å². The minimum atomic E-state index is 0.0162. The number of nitrogens with one attached hydrogen (secondary N) is 2. The summed E-state index contributed by atoms with van der Waals surface area (Å²) in [6, 6.07) is 1.74. The Bertz CT molecular complexity index is 355. The SMILES string of the molecule is NCC1(CC(=O)Nc2ccn[nH]2)CCCCC1. The summed E-state index contributed by atoms with van der Waals surface area (Å²) < 4.78 is 0. The molecule has 1 aromatic heterocycles. The third kappa shape index (κ3) is 3.06. The summed E-state index contributed by atoms with van der Waals surface area (Å²) in [5.41, 5.74) is 5.88. The van der Waals surface area contributed by atoms with E-state index < -0.39 is 0 Å². The van der Waals surface area contributed by atoms with Gasteiger partial charge in [-0.25, -0.2) is 0 Å². The molecule has 5 nitrogen and oxygen atoms in total. The summed E-state index contributed by atoms with van der Waals surface area (Å²) in [6.45, 7) is 0.601. The molecular formula is C12H20N4O. The number of hydrogen-bond acceptors (Lipinski definition) is 3. The van der Waals surface area contributed by atoms with Crippen LogP contribution in [0.4, 0.5) is 5.82 Å². The standard InChI is InChI=1S/C12H20N4O/c13-9-12(5-2-1-3-6-12)8-11(17)15-10-4-7-14-16-10/h4,7H,1-3,5-6,8-9,13H2,(H2,14,15,16,17). The van der Waals surface area contributed by atoms with Crippen LogP contribution in [0, 0.1) is 5.41 Å². The first kappa shape index (κ1) is 12.1. The van der Waals surface area contributed by atoms with Crippen LogP contribution < -0.4 is 11.1 Å². The summed E-state index contributed by atoms with van der Waals surface area (Å²) in [6.07, 6.45) is 7.92. The number of anilines is 1. The van der Waals surface area contributed by atoms with Gasteiger partial charge in [-0.3, -0.25) is 9.89 Å². The highest BCUT2D eigenvalue weighted by molar-refractivity contribution is 5.90. The molecule has 1 aliphatic rings. The molecule has 0 bridgehead atoms. The third-order valence-electron chi connectivity index (χ3n) is 3.66. The van der Waals surface area contributed by atoms with Gasteiger partial charge in [0.15, 0.2) is 0 Å². The lowest BCUT2D eigenvalue weighted by atomic mass is 9.71. The van der Waals surface area contributed by atoms with Gasteiger partial charge < -0.3 is 11.1 Å². The van der Waals surface area contributed by atoms with Crippen LogP contribution in [-0.2, 0) is 4.79 Å². The van der Waals surface area contributed by atoms with Gasteiger partial charge in [0.25, 0.3) is 0 Å². The number of aromatic amines is 1. The molecule has 94 valence electrons. The predicted octanol–water partition coefficient (Wildman–Crippen LogP) is 1.65. The maximum absolute atomic E-state index is 11.9. The maximum Gasteiger partial charge on any atom is 0.226 e. The molecule has 2 rings (SSSR count). The van der Waals surface area contributed by atoms with Crippen molar-refractivity contribution in [3.05, 3.63) is 12.3 Å². The summed E-state index contributed by atoms with van der Waals surface area (Å²) in [5, 5.41) is 9.33. The number of carbonyl (C=O) groups excluding carboxylic acids is 1. The van der Waals surface area contributed by atoms with Gasteiger partial charge in [-0.2, -0.15) is 5.10 Å². The first-order valence-corrected chi connectivity index (χ1v) is 6.23. The van der Waals surface area contributed by atoms with Crippen molar-refractivity contribution in [1.82, 2.24) is 10.2 Å². The van der Waals surface area contributed by atoms with E-state index in [0.717, 1.165) is 12.8 Å². The molecule has 0 unspecified atom stereocenters. The molecule has 1 fully saturated rings. The summed E-state index contributed by atoms with van der Waals surface area (Å²) >= 11 is 0. The summed E-state index contributed by atoms with van der Waals surface area (Å²) in [7, 11) is 0. The van der Waals surface area contributed by atoms with Crippen LogP contribution in [0.2, 0.25) is 0 Å². The second kappa shape index (κ2) is 5.31.